The monoisotopic (exact) mass is 295 g/mol. The second-order valence-electron chi connectivity index (χ2n) is 5.08. The van der Waals surface area contributed by atoms with E-state index in [0.29, 0.717) is 19.8 Å². The molecule has 1 aromatic carbocycles. The van der Waals surface area contributed by atoms with Crippen LogP contribution in [0.5, 0.6) is 0 Å². The lowest BCUT2D eigenvalue weighted by molar-refractivity contribution is -0.151. The van der Waals surface area contributed by atoms with Gasteiger partial charge in [-0.3, -0.25) is 9.69 Å². The van der Waals surface area contributed by atoms with Crippen LogP contribution in [-0.4, -0.2) is 66.1 Å². The Hall–Kier alpha value is -1.47. The third-order valence-electron chi connectivity index (χ3n) is 3.39. The van der Waals surface area contributed by atoms with Crippen LogP contribution in [0, 0.1) is 0 Å². The molecule has 1 aromatic rings. The fourth-order valence-electron chi connectivity index (χ4n) is 2.29. The molecular weight excluding hydrogens is 274 g/mol. The molecule has 1 fully saturated rings. The van der Waals surface area contributed by atoms with E-state index in [0.717, 1.165) is 5.56 Å². The number of carbonyl (C=O) groups is 1. The van der Waals surface area contributed by atoms with Gasteiger partial charge in [0.05, 0.1) is 32.5 Å². The highest BCUT2D eigenvalue weighted by Crippen LogP contribution is 2.09. The SMILES string of the molecule is O=C(O)C1COCCN1CC(O)COCc1ccccc1. The van der Waals surface area contributed by atoms with E-state index < -0.39 is 18.1 Å². The van der Waals surface area contributed by atoms with Gasteiger partial charge in [0, 0.05) is 13.1 Å². The summed E-state index contributed by atoms with van der Waals surface area (Å²) in [5.74, 6) is -0.924. The predicted molar refractivity (Wildman–Crippen MR) is 75.9 cm³/mol. The van der Waals surface area contributed by atoms with Crippen molar-refractivity contribution in [2.24, 2.45) is 0 Å². The summed E-state index contributed by atoms with van der Waals surface area (Å²) in [6.45, 7) is 2.04. The van der Waals surface area contributed by atoms with Crippen molar-refractivity contribution in [3.63, 3.8) is 0 Å². The molecule has 0 spiro atoms. The molecule has 2 atom stereocenters. The van der Waals surface area contributed by atoms with Gasteiger partial charge in [0.1, 0.15) is 6.04 Å². The van der Waals surface area contributed by atoms with Crippen LogP contribution >= 0.6 is 0 Å². The summed E-state index contributed by atoms with van der Waals surface area (Å²) in [5.41, 5.74) is 1.04. The predicted octanol–water partition coefficient (Wildman–Crippen LogP) is 0.350. The summed E-state index contributed by atoms with van der Waals surface area (Å²) in [6, 6.07) is 9.01. The number of rotatable bonds is 7. The fourth-order valence-corrected chi connectivity index (χ4v) is 2.29. The Morgan fingerprint density at radius 2 is 2.19 bits per heavy atom. The van der Waals surface area contributed by atoms with E-state index in [1.165, 1.54) is 0 Å². The molecule has 2 N–H and O–H groups in total. The van der Waals surface area contributed by atoms with Gasteiger partial charge < -0.3 is 19.7 Å². The number of aliphatic hydroxyl groups excluding tert-OH is 1. The van der Waals surface area contributed by atoms with Crippen molar-refractivity contribution >= 4 is 5.97 Å². The smallest absolute Gasteiger partial charge is 0.323 e. The maximum Gasteiger partial charge on any atom is 0.323 e. The maximum atomic E-state index is 11.1. The Morgan fingerprint density at radius 3 is 2.90 bits per heavy atom. The van der Waals surface area contributed by atoms with Crippen molar-refractivity contribution in [3.05, 3.63) is 35.9 Å². The van der Waals surface area contributed by atoms with E-state index in [2.05, 4.69) is 0 Å². The lowest BCUT2D eigenvalue weighted by Crippen LogP contribution is -2.52. The first-order chi connectivity index (χ1) is 10.2. The topological polar surface area (TPSA) is 79.2 Å². The van der Waals surface area contributed by atoms with Crippen molar-refractivity contribution < 1.29 is 24.5 Å². The zero-order chi connectivity index (χ0) is 15.1. The summed E-state index contributed by atoms with van der Waals surface area (Å²) >= 11 is 0. The average molecular weight is 295 g/mol. The van der Waals surface area contributed by atoms with Crippen LogP contribution < -0.4 is 0 Å². The number of aliphatic hydroxyl groups is 1. The van der Waals surface area contributed by atoms with Gasteiger partial charge in [0.25, 0.3) is 0 Å². The number of ether oxygens (including phenoxy) is 2. The number of nitrogens with zero attached hydrogens (tertiary/aromatic N) is 1. The standard InChI is InChI=1S/C15H21NO5/c17-13(10-21-9-12-4-2-1-3-5-12)8-16-6-7-20-11-14(16)15(18)19/h1-5,13-14,17H,6-11H2,(H,18,19). The number of carboxylic acid groups (broad SMARTS) is 1. The van der Waals surface area contributed by atoms with E-state index in [1.54, 1.807) is 4.90 Å². The Labute approximate surface area is 123 Å². The highest BCUT2D eigenvalue weighted by Gasteiger charge is 2.30. The number of morpholine rings is 1. The molecule has 6 heteroatoms. The second-order valence-corrected chi connectivity index (χ2v) is 5.08. The van der Waals surface area contributed by atoms with Gasteiger partial charge in [-0.15, -0.1) is 0 Å². The van der Waals surface area contributed by atoms with Crippen LogP contribution in [0.1, 0.15) is 5.56 Å². The third-order valence-corrected chi connectivity index (χ3v) is 3.39. The quantitative estimate of drug-likeness (QED) is 0.755. The highest BCUT2D eigenvalue weighted by molar-refractivity contribution is 5.73. The normalized spacial score (nSPS) is 21.1. The molecular formula is C15H21NO5. The van der Waals surface area contributed by atoms with Crippen molar-refractivity contribution in [3.8, 4) is 0 Å². The van der Waals surface area contributed by atoms with E-state index in [-0.39, 0.29) is 19.8 Å². The molecule has 0 saturated carbocycles. The van der Waals surface area contributed by atoms with E-state index in [4.69, 9.17) is 14.6 Å². The summed E-state index contributed by atoms with van der Waals surface area (Å²) in [7, 11) is 0. The molecule has 0 radical (unpaired) electrons. The molecule has 2 unspecified atom stereocenters. The van der Waals surface area contributed by atoms with Gasteiger partial charge >= 0.3 is 5.97 Å². The van der Waals surface area contributed by atoms with Crippen LogP contribution in [0.3, 0.4) is 0 Å². The fraction of sp³-hybridized carbons (Fsp3) is 0.533. The molecule has 21 heavy (non-hydrogen) atoms. The van der Waals surface area contributed by atoms with E-state index in [1.807, 2.05) is 30.3 Å². The molecule has 0 aliphatic carbocycles. The molecule has 2 rings (SSSR count). The van der Waals surface area contributed by atoms with Crippen molar-refractivity contribution in [1.82, 2.24) is 4.90 Å². The van der Waals surface area contributed by atoms with Crippen LogP contribution in [-0.2, 0) is 20.9 Å². The largest absolute Gasteiger partial charge is 0.480 e. The molecule has 1 heterocycles. The Kier molecular flexibility index (Phi) is 6.13. The Bertz CT molecular complexity index is 439. The molecule has 116 valence electrons. The Morgan fingerprint density at radius 1 is 1.43 bits per heavy atom. The summed E-state index contributed by atoms with van der Waals surface area (Å²) in [4.78, 5) is 12.8. The number of hydrogen-bond acceptors (Lipinski definition) is 5. The first kappa shape index (κ1) is 15.9. The van der Waals surface area contributed by atoms with Gasteiger partial charge in [-0.1, -0.05) is 30.3 Å². The van der Waals surface area contributed by atoms with E-state index in [9.17, 15) is 9.90 Å². The zero-order valence-electron chi connectivity index (χ0n) is 11.9. The first-order valence-electron chi connectivity index (χ1n) is 7.01. The second kappa shape index (κ2) is 8.09. The van der Waals surface area contributed by atoms with Gasteiger partial charge in [0.2, 0.25) is 0 Å². The van der Waals surface area contributed by atoms with Crippen LogP contribution in [0.25, 0.3) is 0 Å². The number of hydrogen-bond donors (Lipinski definition) is 2. The summed E-state index contributed by atoms with van der Waals surface area (Å²) in [5, 5.41) is 19.1. The maximum absolute atomic E-state index is 11.1. The molecule has 1 saturated heterocycles. The van der Waals surface area contributed by atoms with Crippen molar-refractivity contribution in [1.29, 1.82) is 0 Å². The summed E-state index contributed by atoms with van der Waals surface area (Å²) in [6.07, 6.45) is -0.714. The molecule has 1 aliphatic rings. The van der Waals surface area contributed by atoms with Crippen LogP contribution in [0.15, 0.2) is 30.3 Å². The molecule has 0 amide bonds. The van der Waals surface area contributed by atoms with Gasteiger partial charge in [-0.2, -0.15) is 0 Å². The average Bonchev–Trinajstić information content (AvgIpc) is 2.48. The number of benzene rings is 1. The van der Waals surface area contributed by atoms with Gasteiger partial charge in [0.15, 0.2) is 0 Å². The van der Waals surface area contributed by atoms with Crippen LogP contribution in [0.4, 0.5) is 0 Å². The third kappa shape index (κ3) is 5.09. The Balaban J connectivity index is 1.73. The minimum atomic E-state index is -0.924. The zero-order valence-corrected chi connectivity index (χ0v) is 11.9. The minimum Gasteiger partial charge on any atom is -0.480 e. The minimum absolute atomic E-state index is 0.160. The lowest BCUT2D eigenvalue weighted by Gasteiger charge is -2.33. The summed E-state index contributed by atoms with van der Waals surface area (Å²) < 4.78 is 10.6. The van der Waals surface area contributed by atoms with Crippen molar-refractivity contribution in [2.75, 3.05) is 32.9 Å². The van der Waals surface area contributed by atoms with Crippen LogP contribution in [0.2, 0.25) is 0 Å². The van der Waals surface area contributed by atoms with Gasteiger partial charge in [-0.25, -0.2) is 0 Å². The van der Waals surface area contributed by atoms with E-state index >= 15 is 0 Å². The molecule has 0 aromatic heterocycles. The lowest BCUT2D eigenvalue weighted by atomic mass is 10.2. The number of β-amino-alcohol motifs (C(OH)–C–C–N with tert-alkyl or cyclic N) is 1. The number of carboxylic acids is 1. The molecule has 1 aliphatic heterocycles. The van der Waals surface area contributed by atoms with Gasteiger partial charge in [-0.05, 0) is 5.56 Å². The van der Waals surface area contributed by atoms with Crippen molar-refractivity contribution in [2.45, 2.75) is 18.8 Å². The first-order valence-corrected chi connectivity index (χ1v) is 7.01. The molecule has 6 nitrogen and oxygen atoms in total. The number of aliphatic carboxylic acids is 1. The highest BCUT2D eigenvalue weighted by atomic mass is 16.5. The molecule has 0 bridgehead atoms.